The summed E-state index contributed by atoms with van der Waals surface area (Å²) in [6.45, 7) is 0. The lowest BCUT2D eigenvalue weighted by Crippen LogP contribution is -2.38. The fourth-order valence-corrected chi connectivity index (χ4v) is 1.20. The van der Waals surface area contributed by atoms with E-state index in [9.17, 15) is 17.6 Å². The molecule has 0 radical (unpaired) electrons. The Labute approximate surface area is 61.8 Å². The van der Waals surface area contributed by atoms with Crippen molar-refractivity contribution in [3.8, 4) is 0 Å². The van der Waals surface area contributed by atoms with E-state index in [0.717, 1.165) is 0 Å². The minimum absolute atomic E-state index is 0.146. The Kier molecular flexibility index (Phi) is 2.70. The summed E-state index contributed by atoms with van der Waals surface area (Å²) in [5, 5.41) is 2.19. The Morgan fingerprint density at radius 1 is 0.909 bits per heavy atom. The Bertz CT molecular complexity index is 114. The standard InChI is InChI=1S/C6H9F4N/c7-5(8)3-1-2-4(11-3)6(9)10/h3-6,11H,1-2H2. The molecule has 0 aromatic carbocycles. The first-order valence-electron chi connectivity index (χ1n) is 3.43. The monoisotopic (exact) mass is 171 g/mol. The summed E-state index contributed by atoms with van der Waals surface area (Å²) in [5.74, 6) is 0. The fraction of sp³-hybridized carbons (Fsp3) is 1.00. The maximum atomic E-state index is 11.9. The Morgan fingerprint density at radius 2 is 1.27 bits per heavy atom. The molecule has 0 aromatic rings. The topological polar surface area (TPSA) is 12.0 Å². The highest BCUT2D eigenvalue weighted by Crippen LogP contribution is 2.21. The van der Waals surface area contributed by atoms with Crippen molar-refractivity contribution in [3.05, 3.63) is 0 Å². The molecule has 1 N–H and O–H groups in total. The molecule has 0 aliphatic carbocycles. The van der Waals surface area contributed by atoms with Crippen LogP contribution in [0.4, 0.5) is 17.6 Å². The molecule has 0 spiro atoms. The van der Waals surface area contributed by atoms with Crippen molar-refractivity contribution < 1.29 is 17.6 Å². The Hall–Kier alpha value is -0.320. The first kappa shape index (κ1) is 8.77. The minimum atomic E-state index is -2.53. The molecule has 1 aliphatic rings. The lowest BCUT2D eigenvalue weighted by molar-refractivity contribution is 0.0795. The third-order valence-corrected chi connectivity index (χ3v) is 1.83. The van der Waals surface area contributed by atoms with Crippen LogP contribution in [0.15, 0.2) is 0 Å². The van der Waals surface area contributed by atoms with Crippen LogP contribution in [0.2, 0.25) is 0 Å². The summed E-state index contributed by atoms with van der Waals surface area (Å²) in [7, 11) is 0. The average molecular weight is 171 g/mol. The minimum Gasteiger partial charge on any atom is -0.301 e. The lowest BCUT2D eigenvalue weighted by Gasteiger charge is -2.11. The van der Waals surface area contributed by atoms with E-state index in [1.165, 1.54) is 0 Å². The predicted molar refractivity (Wildman–Crippen MR) is 32.0 cm³/mol. The van der Waals surface area contributed by atoms with Crippen LogP contribution < -0.4 is 5.32 Å². The van der Waals surface area contributed by atoms with E-state index in [2.05, 4.69) is 5.32 Å². The van der Waals surface area contributed by atoms with Gasteiger partial charge in [0.25, 0.3) is 12.9 Å². The zero-order chi connectivity index (χ0) is 8.43. The SMILES string of the molecule is FC(F)C1CCC(C(F)F)N1. The summed E-state index contributed by atoms with van der Waals surface area (Å²) in [6.07, 6.45) is -4.77. The smallest absolute Gasteiger partial charge is 0.253 e. The molecule has 5 heteroatoms. The molecule has 1 rings (SSSR count). The molecule has 66 valence electrons. The molecule has 1 nitrogen and oxygen atoms in total. The average Bonchev–Trinajstić information content (AvgIpc) is 2.33. The summed E-state index contributed by atoms with van der Waals surface area (Å²) in [6, 6.07) is -2.07. The Balaban J connectivity index is 2.35. The molecular formula is C6H9F4N. The molecule has 1 saturated heterocycles. The molecule has 1 aliphatic heterocycles. The molecule has 0 saturated carbocycles. The van der Waals surface area contributed by atoms with Gasteiger partial charge in [-0.25, -0.2) is 17.6 Å². The summed E-state index contributed by atoms with van der Waals surface area (Å²) < 4.78 is 47.5. The first-order valence-corrected chi connectivity index (χ1v) is 3.43. The molecule has 2 unspecified atom stereocenters. The van der Waals surface area contributed by atoms with E-state index >= 15 is 0 Å². The van der Waals surface area contributed by atoms with Crippen LogP contribution >= 0.6 is 0 Å². The highest BCUT2D eigenvalue weighted by atomic mass is 19.3. The molecule has 0 aromatic heterocycles. The van der Waals surface area contributed by atoms with E-state index < -0.39 is 24.9 Å². The first-order chi connectivity index (χ1) is 5.11. The number of hydrogen-bond acceptors (Lipinski definition) is 1. The summed E-state index contributed by atoms with van der Waals surface area (Å²) in [5.41, 5.74) is 0. The van der Waals surface area contributed by atoms with Gasteiger partial charge in [-0.3, -0.25) is 0 Å². The van der Waals surface area contributed by atoms with Crippen LogP contribution in [0, 0.1) is 0 Å². The van der Waals surface area contributed by atoms with Gasteiger partial charge in [-0.1, -0.05) is 0 Å². The third-order valence-electron chi connectivity index (χ3n) is 1.83. The second-order valence-electron chi connectivity index (χ2n) is 2.63. The van der Waals surface area contributed by atoms with Crippen molar-refractivity contribution >= 4 is 0 Å². The van der Waals surface area contributed by atoms with Gasteiger partial charge in [0.05, 0.1) is 12.1 Å². The maximum Gasteiger partial charge on any atom is 0.253 e. The molecule has 1 fully saturated rings. The predicted octanol–water partition coefficient (Wildman–Crippen LogP) is 1.64. The molecular weight excluding hydrogens is 162 g/mol. The van der Waals surface area contributed by atoms with Gasteiger partial charge in [0.1, 0.15) is 0 Å². The van der Waals surface area contributed by atoms with E-state index in [-0.39, 0.29) is 12.8 Å². The summed E-state index contributed by atoms with van der Waals surface area (Å²) >= 11 is 0. The van der Waals surface area contributed by atoms with Gasteiger partial charge in [-0.15, -0.1) is 0 Å². The zero-order valence-corrected chi connectivity index (χ0v) is 5.74. The van der Waals surface area contributed by atoms with Gasteiger partial charge in [0.2, 0.25) is 0 Å². The number of alkyl halides is 4. The molecule has 11 heavy (non-hydrogen) atoms. The van der Waals surface area contributed by atoms with Gasteiger partial charge < -0.3 is 5.32 Å². The third kappa shape index (κ3) is 2.05. The summed E-state index contributed by atoms with van der Waals surface area (Å²) in [4.78, 5) is 0. The molecule has 2 atom stereocenters. The lowest BCUT2D eigenvalue weighted by atomic mass is 10.2. The number of halogens is 4. The number of hydrogen-bond donors (Lipinski definition) is 1. The van der Waals surface area contributed by atoms with E-state index in [0.29, 0.717) is 0 Å². The molecule has 0 amide bonds. The van der Waals surface area contributed by atoms with E-state index in [1.54, 1.807) is 0 Å². The van der Waals surface area contributed by atoms with Gasteiger partial charge in [-0.2, -0.15) is 0 Å². The zero-order valence-electron chi connectivity index (χ0n) is 5.74. The van der Waals surface area contributed by atoms with Crippen LogP contribution in [0.3, 0.4) is 0 Å². The van der Waals surface area contributed by atoms with Crippen LogP contribution in [-0.4, -0.2) is 24.9 Å². The Morgan fingerprint density at radius 3 is 1.45 bits per heavy atom. The normalized spacial score (nSPS) is 32.2. The van der Waals surface area contributed by atoms with Gasteiger partial charge in [0, 0.05) is 0 Å². The second kappa shape index (κ2) is 3.38. The molecule has 0 bridgehead atoms. The van der Waals surface area contributed by atoms with Crippen LogP contribution in [0.1, 0.15) is 12.8 Å². The van der Waals surface area contributed by atoms with Crippen LogP contribution in [0.25, 0.3) is 0 Å². The largest absolute Gasteiger partial charge is 0.301 e. The number of rotatable bonds is 2. The highest BCUT2D eigenvalue weighted by molar-refractivity contribution is 4.86. The highest BCUT2D eigenvalue weighted by Gasteiger charge is 2.34. The van der Waals surface area contributed by atoms with Crippen molar-refractivity contribution in [1.82, 2.24) is 5.32 Å². The van der Waals surface area contributed by atoms with Crippen molar-refractivity contribution in [2.75, 3.05) is 0 Å². The fourth-order valence-electron chi connectivity index (χ4n) is 1.20. The van der Waals surface area contributed by atoms with Gasteiger partial charge >= 0.3 is 0 Å². The van der Waals surface area contributed by atoms with E-state index in [4.69, 9.17) is 0 Å². The van der Waals surface area contributed by atoms with Gasteiger partial charge in [0.15, 0.2) is 0 Å². The maximum absolute atomic E-state index is 11.9. The van der Waals surface area contributed by atoms with E-state index in [1.807, 2.05) is 0 Å². The number of nitrogens with one attached hydrogen (secondary N) is 1. The van der Waals surface area contributed by atoms with Crippen molar-refractivity contribution in [3.63, 3.8) is 0 Å². The molecule has 1 heterocycles. The van der Waals surface area contributed by atoms with Crippen molar-refractivity contribution in [2.45, 2.75) is 37.8 Å². The van der Waals surface area contributed by atoms with Crippen LogP contribution in [0.5, 0.6) is 0 Å². The quantitative estimate of drug-likeness (QED) is 0.623. The van der Waals surface area contributed by atoms with Crippen LogP contribution in [-0.2, 0) is 0 Å². The van der Waals surface area contributed by atoms with Crippen molar-refractivity contribution in [1.29, 1.82) is 0 Å². The second-order valence-corrected chi connectivity index (χ2v) is 2.63. The van der Waals surface area contributed by atoms with Gasteiger partial charge in [-0.05, 0) is 12.8 Å². The van der Waals surface area contributed by atoms with Crippen molar-refractivity contribution in [2.24, 2.45) is 0 Å².